The van der Waals surface area contributed by atoms with E-state index in [2.05, 4.69) is 10.2 Å². The van der Waals surface area contributed by atoms with Crippen molar-refractivity contribution in [3.05, 3.63) is 68.8 Å². The molecular weight excluding hydrogens is 336 g/mol. The van der Waals surface area contributed by atoms with Gasteiger partial charge in [0.05, 0.1) is 14.7 Å². The molecule has 1 heterocycles. The lowest BCUT2D eigenvalue weighted by atomic mass is 10.2. The van der Waals surface area contributed by atoms with Gasteiger partial charge in [-0.15, -0.1) is 10.2 Å². The van der Waals surface area contributed by atoms with Crippen LogP contribution in [0, 0.1) is 20.2 Å². The molecule has 0 saturated heterocycles. The molecule has 24 heavy (non-hydrogen) atoms. The number of hydrogen-bond acceptors (Lipinski definition) is 8. The molecule has 1 aromatic heterocycles. The maximum atomic E-state index is 11.0. The van der Waals surface area contributed by atoms with E-state index in [0.717, 1.165) is 11.8 Å². The average molecular weight is 344 g/mol. The third kappa shape index (κ3) is 3.22. The van der Waals surface area contributed by atoms with Gasteiger partial charge in [0, 0.05) is 23.8 Å². The Morgan fingerprint density at radius 2 is 1.75 bits per heavy atom. The molecule has 0 radical (unpaired) electrons. The number of nitro benzene ring substituents is 2. The maximum Gasteiger partial charge on any atom is 0.283 e. The van der Waals surface area contributed by atoms with Crippen molar-refractivity contribution < 1.29 is 14.3 Å². The number of nitro groups is 2. The second-order valence-electron chi connectivity index (χ2n) is 4.51. The van der Waals surface area contributed by atoms with Crippen molar-refractivity contribution in [2.45, 2.75) is 10.1 Å². The molecule has 3 aromatic rings. The number of non-ortho nitro benzene ring substituents is 1. The lowest BCUT2D eigenvalue weighted by Crippen LogP contribution is -1.89. The second-order valence-corrected chi connectivity index (χ2v) is 5.50. The minimum atomic E-state index is -0.525. The average Bonchev–Trinajstić information content (AvgIpc) is 3.04. The first-order valence-corrected chi connectivity index (χ1v) is 7.36. The molecular formula is C14H8N4O5S. The molecule has 0 fully saturated rings. The predicted octanol–water partition coefficient (Wildman–Crippen LogP) is 3.70. The Hall–Kier alpha value is -3.27. The van der Waals surface area contributed by atoms with Crippen LogP contribution in [0.4, 0.5) is 11.4 Å². The van der Waals surface area contributed by atoms with Gasteiger partial charge in [-0.2, -0.15) is 0 Å². The standard InChI is InChI=1S/C14H8N4O5S/c19-17(20)10-5-3-4-9(8-10)13-15-16-14(23-13)24-12-7-2-1-6-11(12)18(21)22/h1-8H. The molecule has 0 atom stereocenters. The van der Waals surface area contributed by atoms with Crippen molar-refractivity contribution in [3.8, 4) is 11.5 Å². The summed E-state index contributed by atoms with van der Waals surface area (Å²) in [5.74, 6) is 0.0970. The molecule has 0 amide bonds. The largest absolute Gasteiger partial charge is 0.411 e. The monoisotopic (exact) mass is 344 g/mol. The van der Waals surface area contributed by atoms with Gasteiger partial charge in [0.15, 0.2) is 0 Å². The SMILES string of the molecule is O=[N+]([O-])c1cccc(-c2nnc(Sc3ccccc3[N+](=O)[O-])o2)c1. The molecule has 0 aliphatic heterocycles. The number of aromatic nitrogens is 2. The van der Waals surface area contributed by atoms with Crippen LogP contribution in [0.25, 0.3) is 11.5 Å². The fraction of sp³-hybridized carbons (Fsp3) is 0. The van der Waals surface area contributed by atoms with Gasteiger partial charge >= 0.3 is 0 Å². The van der Waals surface area contributed by atoms with Crippen molar-refractivity contribution in [2.75, 3.05) is 0 Å². The zero-order valence-electron chi connectivity index (χ0n) is 11.9. The van der Waals surface area contributed by atoms with Crippen LogP contribution in [-0.2, 0) is 0 Å². The van der Waals surface area contributed by atoms with Gasteiger partial charge in [-0.1, -0.05) is 18.2 Å². The highest BCUT2D eigenvalue weighted by Gasteiger charge is 2.18. The van der Waals surface area contributed by atoms with Gasteiger partial charge in [0.1, 0.15) is 0 Å². The Bertz CT molecular complexity index is 927. The zero-order valence-corrected chi connectivity index (χ0v) is 12.7. The summed E-state index contributed by atoms with van der Waals surface area (Å²) in [6, 6.07) is 11.9. The number of rotatable bonds is 5. The smallest absolute Gasteiger partial charge is 0.283 e. The number of benzene rings is 2. The van der Waals surface area contributed by atoms with Crippen LogP contribution in [0.15, 0.2) is 63.1 Å². The molecule has 0 saturated carbocycles. The topological polar surface area (TPSA) is 125 Å². The molecule has 0 bridgehead atoms. The molecule has 120 valence electrons. The van der Waals surface area contributed by atoms with Crippen LogP contribution in [-0.4, -0.2) is 20.0 Å². The van der Waals surface area contributed by atoms with Crippen LogP contribution in [0.2, 0.25) is 0 Å². The van der Waals surface area contributed by atoms with Crippen LogP contribution in [0.3, 0.4) is 0 Å². The van der Waals surface area contributed by atoms with E-state index in [1.807, 2.05) is 0 Å². The normalized spacial score (nSPS) is 10.5. The van der Waals surface area contributed by atoms with E-state index in [0.29, 0.717) is 10.5 Å². The van der Waals surface area contributed by atoms with Gasteiger partial charge in [-0.3, -0.25) is 20.2 Å². The van der Waals surface area contributed by atoms with E-state index in [1.54, 1.807) is 24.3 Å². The summed E-state index contributed by atoms with van der Waals surface area (Å²) in [5, 5.41) is 29.6. The zero-order chi connectivity index (χ0) is 17.1. The highest BCUT2D eigenvalue weighted by atomic mass is 32.2. The predicted molar refractivity (Wildman–Crippen MR) is 83.6 cm³/mol. The number of hydrogen-bond donors (Lipinski definition) is 0. The minimum absolute atomic E-state index is 0.0717. The van der Waals surface area contributed by atoms with Gasteiger partial charge < -0.3 is 4.42 Å². The molecule has 9 nitrogen and oxygen atoms in total. The second kappa shape index (κ2) is 6.46. The third-order valence-corrected chi connectivity index (χ3v) is 3.87. The van der Waals surface area contributed by atoms with Crippen molar-refractivity contribution in [3.63, 3.8) is 0 Å². The van der Waals surface area contributed by atoms with E-state index < -0.39 is 9.85 Å². The summed E-state index contributed by atoms with van der Waals surface area (Å²) >= 11 is 0.953. The van der Waals surface area contributed by atoms with E-state index in [-0.39, 0.29) is 22.5 Å². The van der Waals surface area contributed by atoms with E-state index in [4.69, 9.17) is 4.42 Å². The fourth-order valence-electron chi connectivity index (χ4n) is 1.91. The Morgan fingerprint density at radius 3 is 2.50 bits per heavy atom. The molecule has 0 aliphatic rings. The molecule has 0 spiro atoms. The molecule has 0 unspecified atom stereocenters. The van der Waals surface area contributed by atoms with Gasteiger partial charge in [0.25, 0.3) is 16.6 Å². The summed E-state index contributed by atoms with van der Waals surface area (Å²) in [6.07, 6.45) is 0. The van der Waals surface area contributed by atoms with E-state index in [1.165, 1.54) is 24.3 Å². The number of para-hydroxylation sites is 1. The lowest BCUT2D eigenvalue weighted by Gasteiger charge is -1.98. The Morgan fingerprint density at radius 1 is 0.958 bits per heavy atom. The van der Waals surface area contributed by atoms with Crippen molar-refractivity contribution in [1.82, 2.24) is 10.2 Å². The highest BCUT2D eigenvalue weighted by Crippen LogP contribution is 2.35. The van der Waals surface area contributed by atoms with Gasteiger partial charge in [-0.05, 0) is 23.9 Å². The molecule has 0 N–H and O–H groups in total. The summed E-state index contributed by atoms with van der Waals surface area (Å²) in [7, 11) is 0. The third-order valence-electron chi connectivity index (χ3n) is 2.97. The van der Waals surface area contributed by atoms with Crippen molar-refractivity contribution in [1.29, 1.82) is 0 Å². The first-order chi connectivity index (χ1) is 11.5. The van der Waals surface area contributed by atoms with Crippen LogP contribution in [0.5, 0.6) is 0 Å². The van der Waals surface area contributed by atoms with E-state index >= 15 is 0 Å². The summed E-state index contributed by atoms with van der Waals surface area (Å²) in [6.45, 7) is 0. The highest BCUT2D eigenvalue weighted by molar-refractivity contribution is 7.99. The van der Waals surface area contributed by atoms with Gasteiger partial charge in [-0.25, -0.2) is 0 Å². The molecule has 3 rings (SSSR count). The first kappa shape index (κ1) is 15.6. The maximum absolute atomic E-state index is 11.0. The first-order valence-electron chi connectivity index (χ1n) is 6.54. The molecule has 10 heteroatoms. The molecule has 2 aromatic carbocycles. The number of nitrogens with zero attached hydrogens (tertiary/aromatic N) is 4. The molecule has 0 aliphatic carbocycles. The summed E-state index contributed by atoms with van der Waals surface area (Å²) in [4.78, 5) is 21.1. The Labute approximate surface area is 138 Å². The summed E-state index contributed by atoms with van der Waals surface area (Å²) in [5.41, 5.74) is 0.224. The van der Waals surface area contributed by atoms with Crippen molar-refractivity contribution >= 4 is 23.1 Å². The van der Waals surface area contributed by atoms with Crippen LogP contribution < -0.4 is 0 Å². The fourth-order valence-corrected chi connectivity index (χ4v) is 2.69. The van der Waals surface area contributed by atoms with Crippen molar-refractivity contribution in [2.24, 2.45) is 0 Å². The van der Waals surface area contributed by atoms with Crippen LogP contribution in [0.1, 0.15) is 0 Å². The minimum Gasteiger partial charge on any atom is -0.411 e. The lowest BCUT2D eigenvalue weighted by molar-refractivity contribution is -0.387. The van der Waals surface area contributed by atoms with E-state index in [9.17, 15) is 20.2 Å². The summed E-state index contributed by atoms with van der Waals surface area (Å²) < 4.78 is 5.44. The Balaban J connectivity index is 1.88. The van der Waals surface area contributed by atoms with Gasteiger partial charge in [0.2, 0.25) is 5.89 Å². The van der Waals surface area contributed by atoms with Crippen LogP contribution >= 0.6 is 11.8 Å². The quantitative estimate of drug-likeness (QED) is 0.506. The Kier molecular flexibility index (Phi) is 4.20.